The molecule has 1 heterocycles. The fraction of sp³-hybridized carbons (Fsp3) is 0.0556. The highest BCUT2D eigenvalue weighted by Crippen LogP contribution is 2.18. The largest absolute Gasteiger partial charge is 0.325 e. The lowest BCUT2D eigenvalue weighted by molar-refractivity contribution is -0.116. The number of nitrogens with zero attached hydrogens (tertiary/aromatic N) is 2. The molecule has 1 aromatic heterocycles. The van der Waals surface area contributed by atoms with E-state index in [0.29, 0.717) is 5.69 Å². The van der Waals surface area contributed by atoms with Gasteiger partial charge < -0.3 is 5.32 Å². The maximum atomic E-state index is 13.8. The number of aromatic nitrogens is 2. The van der Waals surface area contributed by atoms with Gasteiger partial charge in [-0.25, -0.2) is 9.37 Å². The van der Waals surface area contributed by atoms with Crippen molar-refractivity contribution in [1.29, 1.82) is 0 Å². The number of nitrogens with one attached hydrogen (secondary N) is 1. The van der Waals surface area contributed by atoms with E-state index in [-0.39, 0.29) is 23.7 Å². The van der Waals surface area contributed by atoms with Gasteiger partial charge in [-0.2, -0.15) is 0 Å². The normalized spacial score (nSPS) is 10.5. The van der Waals surface area contributed by atoms with Crippen LogP contribution < -0.4 is 10.9 Å². The van der Waals surface area contributed by atoms with Gasteiger partial charge in [0.2, 0.25) is 5.91 Å². The van der Waals surface area contributed by atoms with Gasteiger partial charge in [0, 0.05) is 21.8 Å². The Morgan fingerprint density at radius 1 is 1.16 bits per heavy atom. The predicted molar refractivity (Wildman–Crippen MR) is 96.7 cm³/mol. The van der Waals surface area contributed by atoms with E-state index in [0.717, 1.165) is 4.47 Å². The summed E-state index contributed by atoms with van der Waals surface area (Å²) >= 11 is 3.31. The highest BCUT2D eigenvalue weighted by molar-refractivity contribution is 9.10. The summed E-state index contributed by atoms with van der Waals surface area (Å²) in [5.74, 6) is -0.815. The van der Waals surface area contributed by atoms with E-state index in [1.807, 2.05) is 0 Å². The van der Waals surface area contributed by atoms with Crippen molar-refractivity contribution in [3.63, 3.8) is 0 Å². The van der Waals surface area contributed by atoms with Crippen molar-refractivity contribution in [2.24, 2.45) is 0 Å². The van der Waals surface area contributed by atoms with Crippen molar-refractivity contribution in [3.8, 4) is 11.3 Å². The summed E-state index contributed by atoms with van der Waals surface area (Å²) in [6.07, 6.45) is 1.24. The molecule has 1 N–H and O–H groups in total. The summed E-state index contributed by atoms with van der Waals surface area (Å²) < 4.78 is 15.8. The van der Waals surface area contributed by atoms with E-state index in [2.05, 4.69) is 26.2 Å². The van der Waals surface area contributed by atoms with Crippen molar-refractivity contribution < 1.29 is 9.18 Å². The summed E-state index contributed by atoms with van der Waals surface area (Å²) in [4.78, 5) is 28.3. The van der Waals surface area contributed by atoms with Crippen molar-refractivity contribution in [2.75, 3.05) is 5.32 Å². The molecule has 7 heteroatoms. The maximum absolute atomic E-state index is 13.8. The second-order valence-electron chi connectivity index (χ2n) is 5.28. The average Bonchev–Trinajstić information content (AvgIpc) is 2.59. The van der Waals surface area contributed by atoms with Crippen LogP contribution in [0.25, 0.3) is 11.3 Å². The van der Waals surface area contributed by atoms with Gasteiger partial charge in [-0.3, -0.25) is 14.2 Å². The number of halogens is 2. The van der Waals surface area contributed by atoms with E-state index in [1.165, 1.54) is 23.0 Å². The van der Waals surface area contributed by atoms with Crippen LogP contribution in [0.1, 0.15) is 0 Å². The standard InChI is InChI=1S/C18H13BrFN3O2/c19-12-5-7-13(8-6-12)22-17(24)10-23-11-21-16(9-18(23)25)14-3-1-2-4-15(14)20/h1-9,11H,10H2,(H,22,24). The Labute approximate surface area is 151 Å². The van der Waals surface area contributed by atoms with Gasteiger partial charge in [0.05, 0.1) is 12.0 Å². The molecule has 0 spiro atoms. The zero-order valence-electron chi connectivity index (χ0n) is 12.9. The van der Waals surface area contributed by atoms with E-state index in [4.69, 9.17) is 0 Å². The smallest absolute Gasteiger partial charge is 0.254 e. The Morgan fingerprint density at radius 2 is 1.88 bits per heavy atom. The lowest BCUT2D eigenvalue weighted by atomic mass is 10.1. The van der Waals surface area contributed by atoms with Crippen LogP contribution in [0.15, 0.2) is 70.2 Å². The first-order valence-electron chi connectivity index (χ1n) is 7.40. The van der Waals surface area contributed by atoms with E-state index < -0.39 is 11.4 Å². The minimum Gasteiger partial charge on any atom is -0.325 e. The van der Waals surface area contributed by atoms with Gasteiger partial charge in [0.25, 0.3) is 5.56 Å². The Hall–Kier alpha value is -2.80. The molecule has 25 heavy (non-hydrogen) atoms. The van der Waals surface area contributed by atoms with Crippen molar-refractivity contribution in [1.82, 2.24) is 9.55 Å². The molecule has 3 aromatic rings. The van der Waals surface area contributed by atoms with Crippen molar-refractivity contribution in [2.45, 2.75) is 6.54 Å². The van der Waals surface area contributed by atoms with Crippen LogP contribution in [0.2, 0.25) is 0 Å². The summed E-state index contributed by atoms with van der Waals surface area (Å²) in [5, 5.41) is 2.69. The SMILES string of the molecule is O=C(Cn1cnc(-c2ccccc2F)cc1=O)Nc1ccc(Br)cc1. The first kappa shape index (κ1) is 17.0. The van der Waals surface area contributed by atoms with Crippen LogP contribution in [-0.2, 0) is 11.3 Å². The number of rotatable bonds is 4. The summed E-state index contributed by atoms with van der Waals surface area (Å²) in [5.41, 5.74) is 0.662. The van der Waals surface area contributed by atoms with E-state index in [1.54, 1.807) is 42.5 Å². The van der Waals surface area contributed by atoms with Gasteiger partial charge in [0.15, 0.2) is 0 Å². The molecule has 0 bridgehead atoms. The third kappa shape index (κ3) is 4.19. The lowest BCUT2D eigenvalue weighted by Crippen LogP contribution is -2.27. The second kappa shape index (κ2) is 7.40. The molecule has 0 saturated carbocycles. The lowest BCUT2D eigenvalue weighted by Gasteiger charge is -2.08. The fourth-order valence-electron chi connectivity index (χ4n) is 2.25. The molecule has 0 radical (unpaired) electrons. The predicted octanol–water partition coefficient (Wildman–Crippen LogP) is 3.45. The quantitative estimate of drug-likeness (QED) is 0.727. The van der Waals surface area contributed by atoms with Crippen molar-refractivity contribution >= 4 is 27.5 Å². The molecule has 3 rings (SSSR count). The van der Waals surface area contributed by atoms with Gasteiger partial charge in [-0.15, -0.1) is 0 Å². The average molecular weight is 402 g/mol. The number of hydrogen-bond acceptors (Lipinski definition) is 3. The highest BCUT2D eigenvalue weighted by atomic mass is 79.9. The molecule has 2 aromatic carbocycles. The number of anilines is 1. The Morgan fingerprint density at radius 3 is 2.56 bits per heavy atom. The molecule has 0 fully saturated rings. The Bertz CT molecular complexity index is 971. The number of hydrogen-bond donors (Lipinski definition) is 1. The van der Waals surface area contributed by atoms with Gasteiger partial charge in [0.1, 0.15) is 12.4 Å². The molecular formula is C18H13BrFN3O2. The van der Waals surface area contributed by atoms with E-state index in [9.17, 15) is 14.0 Å². The second-order valence-corrected chi connectivity index (χ2v) is 6.19. The third-order valence-electron chi connectivity index (χ3n) is 3.47. The zero-order chi connectivity index (χ0) is 17.8. The topological polar surface area (TPSA) is 64.0 Å². The Balaban J connectivity index is 1.75. The molecule has 0 aliphatic heterocycles. The molecule has 0 aliphatic carbocycles. The summed E-state index contributed by atoms with van der Waals surface area (Å²) in [7, 11) is 0. The van der Waals surface area contributed by atoms with Crippen LogP contribution in [0.3, 0.4) is 0 Å². The zero-order valence-corrected chi connectivity index (χ0v) is 14.5. The van der Waals surface area contributed by atoms with Crippen molar-refractivity contribution in [3.05, 3.63) is 81.6 Å². The van der Waals surface area contributed by atoms with Crippen LogP contribution in [0.5, 0.6) is 0 Å². The molecule has 1 amide bonds. The van der Waals surface area contributed by atoms with E-state index >= 15 is 0 Å². The maximum Gasteiger partial charge on any atom is 0.254 e. The Kier molecular flexibility index (Phi) is 5.04. The fourth-order valence-corrected chi connectivity index (χ4v) is 2.51. The summed E-state index contributed by atoms with van der Waals surface area (Å²) in [6.45, 7) is -0.181. The number of benzene rings is 2. The van der Waals surface area contributed by atoms with Crippen LogP contribution in [0.4, 0.5) is 10.1 Å². The first-order chi connectivity index (χ1) is 12.0. The third-order valence-corrected chi connectivity index (χ3v) is 4.00. The molecule has 0 unspecified atom stereocenters. The molecule has 0 aliphatic rings. The molecule has 126 valence electrons. The number of carbonyl (C=O) groups excluding carboxylic acids is 1. The minimum atomic E-state index is -0.458. The molecule has 0 saturated heterocycles. The van der Waals surface area contributed by atoms with Gasteiger partial charge >= 0.3 is 0 Å². The van der Waals surface area contributed by atoms with Crippen LogP contribution in [-0.4, -0.2) is 15.5 Å². The monoisotopic (exact) mass is 401 g/mol. The van der Waals surface area contributed by atoms with Gasteiger partial charge in [-0.1, -0.05) is 28.1 Å². The first-order valence-corrected chi connectivity index (χ1v) is 8.19. The van der Waals surface area contributed by atoms with Crippen LogP contribution in [0, 0.1) is 5.82 Å². The highest BCUT2D eigenvalue weighted by Gasteiger charge is 2.10. The van der Waals surface area contributed by atoms with Crippen LogP contribution >= 0.6 is 15.9 Å². The van der Waals surface area contributed by atoms with Gasteiger partial charge in [-0.05, 0) is 36.4 Å². The molecular weight excluding hydrogens is 389 g/mol. The molecule has 0 atom stereocenters. The minimum absolute atomic E-state index is 0.181. The summed E-state index contributed by atoms with van der Waals surface area (Å²) in [6, 6.07) is 14.4. The molecule has 5 nitrogen and oxygen atoms in total. The number of amides is 1. The number of carbonyl (C=O) groups is 1.